The summed E-state index contributed by atoms with van der Waals surface area (Å²) in [5.41, 5.74) is 1.33. The SMILES string of the molecule is CN(c1cccc(NC(=S)NCCCOC2CCCC2)c1)S(C)(=O)=O. The van der Waals surface area contributed by atoms with Crippen molar-refractivity contribution in [1.29, 1.82) is 0 Å². The lowest BCUT2D eigenvalue weighted by Gasteiger charge is -2.18. The van der Waals surface area contributed by atoms with Crippen LogP contribution in [-0.2, 0) is 14.8 Å². The first-order valence-electron chi connectivity index (χ1n) is 8.56. The first-order chi connectivity index (χ1) is 11.9. The van der Waals surface area contributed by atoms with Crippen LogP contribution in [0.2, 0.25) is 0 Å². The zero-order valence-electron chi connectivity index (χ0n) is 14.8. The van der Waals surface area contributed by atoms with Crippen LogP contribution in [0.4, 0.5) is 11.4 Å². The summed E-state index contributed by atoms with van der Waals surface area (Å²) in [4.78, 5) is 0. The molecule has 25 heavy (non-hydrogen) atoms. The minimum absolute atomic E-state index is 0.444. The van der Waals surface area contributed by atoms with Crippen LogP contribution >= 0.6 is 12.2 Å². The van der Waals surface area contributed by atoms with Gasteiger partial charge < -0.3 is 15.4 Å². The average Bonchev–Trinajstić information content (AvgIpc) is 3.06. The monoisotopic (exact) mass is 385 g/mol. The summed E-state index contributed by atoms with van der Waals surface area (Å²) in [6.45, 7) is 1.48. The predicted octanol–water partition coefficient (Wildman–Crippen LogP) is 2.72. The van der Waals surface area contributed by atoms with Gasteiger partial charge in [0, 0.05) is 25.9 Å². The first-order valence-corrected chi connectivity index (χ1v) is 10.8. The van der Waals surface area contributed by atoms with Crippen LogP contribution in [0.15, 0.2) is 24.3 Å². The van der Waals surface area contributed by atoms with E-state index in [2.05, 4.69) is 10.6 Å². The van der Waals surface area contributed by atoms with E-state index in [0.29, 0.717) is 16.9 Å². The molecule has 1 aromatic rings. The van der Waals surface area contributed by atoms with Crippen LogP contribution in [0.5, 0.6) is 0 Å². The van der Waals surface area contributed by atoms with Crippen molar-refractivity contribution in [2.75, 3.05) is 36.1 Å². The average molecular weight is 386 g/mol. The number of rotatable bonds is 8. The van der Waals surface area contributed by atoms with Crippen molar-refractivity contribution in [3.63, 3.8) is 0 Å². The van der Waals surface area contributed by atoms with Crippen LogP contribution in [0, 0.1) is 0 Å². The van der Waals surface area contributed by atoms with Gasteiger partial charge in [0.15, 0.2) is 5.11 Å². The lowest BCUT2D eigenvalue weighted by atomic mass is 10.3. The van der Waals surface area contributed by atoms with Gasteiger partial charge in [-0.3, -0.25) is 4.31 Å². The molecule has 1 aliphatic carbocycles. The molecule has 1 aromatic carbocycles. The molecule has 0 bridgehead atoms. The Hall–Kier alpha value is -1.38. The van der Waals surface area contributed by atoms with Gasteiger partial charge in [0.1, 0.15) is 0 Å². The number of anilines is 2. The number of benzene rings is 1. The molecule has 0 unspecified atom stereocenters. The fraction of sp³-hybridized carbons (Fsp3) is 0.588. The van der Waals surface area contributed by atoms with Crippen LogP contribution in [0.1, 0.15) is 32.1 Å². The zero-order chi connectivity index (χ0) is 18.3. The molecule has 2 rings (SSSR count). The van der Waals surface area contributed by atoms with Crippen LogP contribution in [0.3, 0.4) is 0 Å². The molecule has 2 N–H and O–H groups in total. The molecular weight excluding hydrogens is 358 g/mol. The molecule has 0 atom stereocenters. The van der Waals surface area contributed by atoms with Gasteiger partial charge in [-0.25, -0.2) is 8.42 Å². The molecule has 0 aromatic heterocycles. The number of thiocarbonyl (C=S) groups is 1. The Morgan fingerprint density at radius 2 is 2.08 bits per heavy atom. The van der Waals surface area contributed by atoms with Gasteiger partial charge in [0.25, 0.3) is 0 Å². The third-order valence-electron chi connectivity index (χ3n) is 4.23. The number of sulfonamides is 1. The summed E-state index contributed by atoms with van der Waals surface area (Å²) >= 11 is 5.28. The molecule has 140 valence electrons. The van der Waals surface area contributed by atoms with Gasteiger partial charge in [-0.2, -0.15) is 0 Å². The Morgan fingerprint density at radius 1 is 1.36 bits per heavy atom. The van der Waals surface area contributed by atoms with Crippen molar-refractivity contribution >= 4 is 38.7 Å². The predicted molar refractivity (Wildman–Crippen MR) is 107 cm³/mol. The van der Waals surface area contributed by atoms with E-state index < -0.39 is 10.0 Å². The zero-order valence-corrected chi connectivity index (χ0v) is 16.5. The van der Waals surface area contributed by atoms with E-state index in [-0.39, 0.29) is 0 Å². The number of nitrogens with zero attached hydrogens (tertiary/aromatic N) is 1. The van der Waals surface area contributed by atoms with Crippen molar-refractivity contribution in [3.8, 4) is 0 Å². The Balaban J connectivity index is 1.72. The number of hydrogen-bond donors (Lipinski definition) is 2. The van der Waals surface area contributed by atoms with E-state index in [1.54, 1.807) is 18.2 Å². The van der Waals surface area contributed by atoms with Crippen molar-refractivity contribution in [3.05, 3.63) is 24.3 Å². The molecule has 0 aliphatic heterocycles. The molecule has 8 heteroatoms. The Kier molecular flexibility index (Phi) is 7.46. The smallest absolute Gasteiger partial charge is 0.231 e. The summed E-state index contributed by atoms with van der Waals surface area (Å²) in [7, 11) is -1.76. The molecule has 1 fully saturated rings. The highest BCUT2D eigenvalue weighted by Gasteiger charge is 2.14. The Bertz CT molecular complexity index is 673. The van der Waals surface area contributed by atoms with Crippen molar-refractivity contribution in [2.45, 2.75) is 38.2 Å². The van der Waals surface area contributed by atoms with Crippen LogP contribution < -0.4 is 14.9 Å². The van der Waals surface area contributed by atoms with Gasteiger partial charge in [-0.05, 0) is 49.7 Å². The van der Waals surface area contributed by atoms with E-state index >= 15 is 0 Å². The lowest BCUT2D eigenvalue weighted by molar-refractivity contribution is 0.0574. The Morgan fingerprint density at radius 3 is 2.76 bits per heavy atom. The summed E-state index contributed by atoms with van der Waals surface area (Å²) in [6, 6.07) is 7.12. The van der Waals surface area contributed by atoms with E-state index in [0.717, 1.165) is 25.3 Å². The first kappa shape index (κ1) is 19.9. The van der Waals surface area contributed by atoms with E-state index in [9.17, 15) is 8.42 Å². The second-order valence-electron chi connectivity index (χ2n) is 6.29. The molecular formula is C17H27N3O3S2. The highest BCUT2D eigenvalue weighted by Crippen LogP contribution is 2.21. The highest BCUT2D eigenvalue weighted by atomic mass is 32.2. The number of nitrogens with one attached hydrogen (secondary N) is 2. The molecule has 0 spiro atoms. The summed E-state index contributed by atoms with van der Waals surface area (Å²) < 4.78 is 30.3. The van der Waals surface area contributed by atoms with E-state index in [1.807, 2.05) is 6.07 Å². The fourth-order valence-electron chi connectivity index (χ4n) is 2.73. The Labute approximate surface area is 156 Å². The van der Waals surface area contributed by atoms with Gasteiger partial charge in [-0.15, -0.1) is 0 Å². The largest absolute Gasteiger partial charge is 0.378 e. The highest BCUT2D eigenvalue weighted by molar-refractivity contribution is 7.92. The fourth-order valence-corrected chi connectivity index (χ4v) is 3.44. The minimum Gasteiger partial charge on any atom is -0.378 e. The maximum atomic E-state index is 11.6. The summed E-state index contributed by atoms with van der Waals surface area (Å²) in [5.74, 6) is 0. The quantitative estimate of drug-likeness (QED) is 0.530. The number of hydrogen-bond acceptors (Lipinski definition) is 4. The second kappa shape index (κ2) is 9.35. The molecule has 6 nitrogen and oxygen atoms in total. The second-order valence-corrected chi connectivity index (χ2v) is 8.71. The van der Waals surface area contributed by atoms with Crippen molar-refractivity contribution < 1.29 is 13.2 Å². The van der Waals surface area contributed by atoms with Gasteiger partial charge in [0.2, 0.25) is 10.0 Å². The topological polar surface area (TPSA) is 70.7 Å². The van der Waals surface area contributed by atoms with Crippen molar-refractivity contribution in [1.82, 2.24) is 5.32 Å². The van der Waals surface area contributed by atoms with Gasteiger partial charge in [0.05, 0.1) is 18.0 Å². The summed E-state index contributed by atoms with van der Waals surface area (Å²) in [5, 5.41) is 6.74. The molecule has 0 saturated heterocycles. The third-order valence-corrected chi connectivity index (χ3v) is 5.68. The van der Waals surface area contributed by atoms with E-state index in [4.69, 9.17) is 17.0 Å². The normalized spacial score (nSPS) is 15.1. The standard InChI is InChI=1S/C17H27N3O3S2/c1-20(25(2,21)22)15-8-5-7-14(13-15)19-17(24)18-11-6-12-23-16-9-3-4-10-16/h5,7-8,13,16H,3-4,6,9-12H2,1-2H3,(H2,18,19,24). The molecule has 1 saturated carbocycles. The minimum atomic E-state index is -3.29. The van der Waals surface area contributed by atoms with Crippen molar-refractivity contribution in [2.24, 2.45) is 0 Å². The van der Waals surface area contributed by atoms with Gasteiger partial charge >= 0.3 is 0 Å². The maximum Gasteiger partial charge on any atom is 0.231 e. The number of ether oxygens (including phenoxy) is 1. The van der Waals surface area contributed by atoms with Crippen LogP contribution in [0.25, 0.3) is 0 Å². The lowest BCUT2D eigenvalue weighted by Crippen LogP contribution is -2.30. The molecule has 0 radical (unpaired) electrons. The molecule has 1 aliphatic rings. The van der Waals surface area contributed by atoms with Crippen LogP contribution in [-0.4, -0.2) is 46.1 Å². The van der Waals surface area contributed by atoms with Gasteiger partial charge in [-0.1, -0.05) is 18.9 Å². The molecule has 0 heterocycles. The maximum absolute atomic E-state index is 11.6. The molecule has 0 amide bonds. The third kappa shape index (κ3) is 6.80. The van der Waals surface area contributed by atoms with E-state index in [1.165, 1.54) is 43.3 Å². The summed E-state index contributed by atoms with van der Waals surface area (Å²) in [6.07, 6.45) is 7.45.